The number of hydrogen-bond acceptors (Lipinski definition) is 3. The summed E-state index contributed by atoms with van der Waals surface area (Å²) in [5.74, 6) is 0.563. The quantitative estimate of drug-likeness (QED) is 0.842. The van der Waals surface area contributed by atoms with Crippen LogP contribution in [-0.2, 0) is 12.8 Å². The van der Waals surface area contributed by atoms with Crippen molar-refractivity contribution in [3.8, 4) is 11.9 Å². The van der Waals surface area contributed by atoms with E-state index in [0.717, 1.165) is 34.9 Å². The van der Waals surface area contributed by atoms with Gasteiger partial charge in [0.25, 0.3) is 0 Å². The molecule has 0 fully saturated rings. The van der Waals surface area contributed by atoms with Gasteiger partial charge in [-0.3, -0.25) is 0 Å². The van der Waals surface area contributed by atoms with Gasteiger partial charge in [-0.25, -0.2) is 4.98 Å². The van der Waals surface area contributed by atoms with E-state index >= 15 is 0 Å². The number of fused-ring (bicyclic) bond motifs is 1. The summed E-state index contributed by atoms with van der Waals surface area (Å²) in [7, 11) is 1.65. The fraction of sp³-hybridized carbons (Fsp3) is 0.412. The van der Waals surface area contributed by atoms with E-state index in [-0.39, 0.29) is 5.92 Å². The van der Waals surface area contributed by atoms with Crippen molar-refractivity contribution in [2.75, 3.05) is 7.11 Å². The number of benzene rings is 1. The first-order chi connectivity index (χ1) is 9.64. The third-order valence-electron chi connectivity index (χ3n) is 3.73. The molecule has 0 aliphatic heterocycles. The third-order valence-corrected chi connectivity index (χ3v) is 3.73. The molecule has 0 bridgehead atoms. The normalized spacial score (nSPS) is 12.2. The Morgan fingerprint density at radius 1 is 1.20 bits per heavy atom. The molecule has 2 aromatic rings. The van der Waals surface area contributed by atoms with Crippen molar-refractivity contribution in [2.24, 2.45) is 0 Å². The Hall–Kier alpha value is -2.08. The lowest BCUT2D eigenvalue weighted by molar-refractivity contribution is 0.395. The van der Waals surface area contributed by atoms with Crippen LogP contribution in [0, 0.1) is 11.3 Å². The molecule has 0 spiro atoms. The standard InChI is InChI=1S/C17H20N2O/c1-5-12-7-14-8-13(6-2)17(20-4)19-16(14)9-15(12)11(3)10-18/h7-9,11H,5-6H2,1-4H3. The molecule has 3 heteroatoms. The fourth-order valence-corrected chi connectivity index (χ4v) is 2.52. The fourth-order valence-electron chi connectivity index (χ4n) is 2.52. The van der Waals surface area contributed by atoms with Gasteiger partial charge in [0.2, 0.25) is 5.88 Å². The van der Waals surface area contributed by atoms with E-state index in [4.69, 9.17) is 10.00 Å². The van der Waals surface area contributed by atoms with Crippen molar-refractivity contribution in [1.29, 1.82) is 5.26 Å². The van der Waals surface area contributed by atoms with Crippen molar-refractivity contribution in [1.82, 2.24) is 4.98 Å². The lowest BCUT2D eigenvalue weighted by atomic mass is 9.93. The monoisotopic (exact) mass is 268 g/mol. The van der Waals surface area contributed by atoms with Gasteiger partial charge in [-0.15, -0.1) is 0 Å². The summed E-state index contributed by atoms with van der Waals surface area (Å²) in [6, 6.07) is 8.64. The summed E-state index contributed by atoms with van der Waals surface area (Å²) >= 11 is 0. The van der Waals surface area contributed by atoms with E-state index in [1.54, 1.807) is 7.11 Å². The highest BCUT2D eigenvalue weighted by Crippen LogP contribution is 2.29. The minimum absolute atomic E-state index is 0.118. The van der Waals surface area contributed by atoms with Gasteiger partial charge in [0.05, 0.1) is 24.6 Å². The second kappa shape index (κ2) is 5.92. The van der Waals surface area contributed by atoms with E-state index in [1.807, 2.05) is 13.0 Å². The van der Waals surface area contributed by atoms with Gasteiger partial charge in [0.1, 0.15) is 0 Å². The average molecular weight is 268 g/mol. The second-order valence-corrected chi connectivity index (χ2v) is 4.96. The van der Waals surface area contributed by atoms with Gasteiger partial charge < -0.3 is 4.74 Å². The minimum Gasteiger partial charge on any atom is -0.481 e. The Labute approximate surface area is 120 Å². The van der Waals surface area contributed by atoms with Gasteiger partial charge >= 0.3 is 0 Å². The first-order valence-electron chi connectivity index (χ1n) is 7.04. The predicted molar refractivity (Wildman–Crippen MR) is 81.1 cm³/mol. The van der Waals surface area contributed by atoms with Crippen LogP contribution < -0.4 is 4.74 Å². The van der Waals surface area contributed by atoms with Crippen LogP contribution >= 0.6 is 0 Å². The van der Waals surface area contributed by atoms with Crippen molar-refractivity contribution < 1.29 is 4.74 Å². The van der Waals surface area contributed by atoms with Crippen LogP contribution in [0.4, 0.5) is 0 Å². The molecule has 1 atom stereocenters. The molecule has 0 aliphatic carbocycles. The van der Waals surface area contributed by atoms with Crippen LogP contribution in [0.2, 0.25) is 0 Å². The summed E-state index contributed by atoms with van der Waals surface area (Å²) in [4.78, 5) is 4.59. The molecule has 0 saturated carbocycles. The van der Waals surface area contributed by atoms with E-state index in [2.05, 4.69) is 37.0 Å². The zero-order valence-electron chi connectivity index (χ0n) is 12.5. The van der Waals surface area contributed by atoms with Crippen molar-refractivity contribution in [3.63, 3.8) is 0 Å². The van der Waals surface area contributed by atoms with Crippen molar-refractivity contribution in [2.45, 2.75) is 39.5 Å². The van der Waals surface area contributed by atoms with E-state index in [9.17, 15) is 0 Å². The Bertz CT molecular complexity index is 671. The number of aryl methyl sites for hydroxylation is 2. The first kappa shape index (κ1) is 14.3. The van der Waals surface area contributed by atoms with Gasteiger partial charge in [-0.2, -0.15) is 5.26 Å². The van der Waals surface area contributed by atoms with Crippen LogP contribution in [-0.4, -0.2) is 12.1 Å². The Kier molecular flexibility index (Phi) is 4.24. The predicted octanol–water partition coefficient (Wildman–Crippen LogP) is 4.00. The van der Waals surface area contributed by atoms with Gasteiger partial charge in [-0.1, -0.05) is 13.8 Å². The molecule has 0 saturated heterocycles. The second-order valence-electron chi connectivity index (χ2n) is 4.96. The van der Waals surface area contributed by atoms with Gasteiger partial charge in [0, 0.05) is 10.9 Å². The lowest BCUT2D eigenvalue weighted by Crippen LogP contribution is -2.00. The zero-order valence-corrected chi connectivity index (χ0v) is 12.5. The number of nitrogens with zero attached hydrogens (tertiary/aromatic N) is 2. The summed E-state index contributed by atoms with van der Waals surface area (Å²) in [6.07, 6.45) is 1.81. The van der Waals surface area contributed by atoms with Crippen LogP contribution in [0.25, 0.3) is 10.9 Å². The molecule has 1 aromatic carbocycles. The Balaban J connectivity index is 2.71. The number of rotatable bonds is 4. The highest BCUT2D eigenvalue weighted by molar-refractivity contribution is 5.82. The number of nitriles is 1. The molecular weight excluding hydrogens is 248 g/mol. The number of aromatic nitrogens is 1. The maximum absolute atomic E-state index is 9.17. The topological polar surface area (TPSA) is 45.9 Å². The SMILES string of the molecule is CCc1cc2cc(CC)c(OC)nc2cc1C(C)C#N. The molecule has 104 valence electrons. The average Bonchev–Trinajstić information content (AvgIpc) is 2.51. The maximum atomic E-state index is 9.17. The zero-order chi connectivity index (χ0) is 14.7. The molecule has 0 N–H and O–H groups in total. The molecular formula is C17H20N2O. The van der Waals surface area contributed by atoms with Gasteiger partial charge in [0.15, 0.2) is 0 Å². The van der Waals surface area contributed by atoms with Crippen LogP contribution in [0.15, 0.2) is 18.2 Å². The molecule has 0 aliphatic rings. The number of ether oxygens (including phenoxy) is 1. The largest absolute Gasteiger partial charge is 0.481 e. The van der Waals surface area contributed by atoms with E-state index in [1.165, 1.54) is 5.56 Å². The molecule has 1 aromatic heterocycles. The molecule has 1 unspecified atom stereocenters. The summed E-state index contributed by atoms with van der Waals surface area (Å²) < 4.78 is 5.35. The summed E-state index contributed by atoms with van der Waals surface area (Å²) in [5, 5.41) is 10.3. The summed E-state index contributed by atoms with van der Waals surface area (Å²) in [5.41, 5.74) is 4.30. The maximum Gasteiger partial charge on any atom is 0.216 e. The molecule has 0 radical (unpaired) electrons. The van der Waals surface area contributed by atoms with Gasteiger partial charge in [-0.05, 0) is 49.1 Å². The molecule has 2 rings (SSSR count). The Morgan fingerprint density at radius 2 is 1.85 bits per heavy atom. The smallest absolute Gasteiger partial charge is 0.216 e. The van der Waals surface area contributed by atoms with Crippen LogP contribution in [0.5, 0.6) is 5.88 Å². The first-order valence-corrected chi connectivity index (χ1v) is 7.04. The molecule has 0 amide bonds. The van der Waals surface area contributed by atoms with Crippen molar-refractivity contribution in [3.05, 3.63) is 34.9 Å². The molecule has 20 heavy (non-hydrogen) atoms. The highest BCUT2D eigenvalue weighted by Gasteiger charge is 2.13. The van der Waals surface area contributed by atoms with E-state index in [0.29, 0.717) is 5.88 Å². The molecule has 3 nitrogen and oxygen atoms in total. The minimum atomic E-state index is -0.118. The Morgan fingerprint density at radius 3 is 2.40 bits per heavy atom. The van der Waals surface area contributed by atoms with E-state index < -0.39 is 0 Å². The molecule has 1 heterocycles. The van der Waals surface area contributed by atoms with Crippen LogP contribution in [0.3, 0.4) is 0 Å². The lowest BCUT2D eigenvalue weighted by Gasteiger charge is -2.13. The van der Waals surface area contributed by atoms with Crippen LogP contribution in [0.1, 0.15) is 43.4 Å². The number of pyridine rings is 1. The number of hydrogen-bond donors (Lipinski definition) is 0. The van der Waals surface area contributed by atoms with Crippen molar-refractivity contribution >= 4 is 10.9 Å². The third kappa shape index (κ3) is 2.46. The summed E-state index contributed by atoms with van der Waals surface area (Å²) in [6.45, 7) is 6.14. The number of methoxy groups -OCH3 is 1. The highest BCUT2D eigenvalue weighted by atomic mass is 16.5.